The Balaban J connectivity index is 1.83. The number of aliphatic hydroxyl groups excluding tert-OH is 2. The molecule has 0 atom stereocenters. The van der Waals surface area contributed by atoms with Crippen LogP contribution in [0.4, 0.5) is 11.4 Å². The van der Waals surface area contributed by atoms with E-state index < -0.39 is 0 Å². The molecule has 0 aromatic heterocycles. The molecular weight excluding hydrogens is 577 g/mol. The molecule has 0 radical (unpaired) electrons. The molecule has 232 valence electrons. The summed E-state index contributed by atoms with van der Waals surface area (Å²) in [5.41, 5.74) is 11.0. The van der Waals surface area contributed by atoms with Crippen molar-refractivity contribution in [2.45, 2.75) is 56.1 Å². The van der Waals surface area contributed by atoms with Gasteiger partial charge in [0.25, 0.3) is 0 Å². The van der Waals surface area contributed by atoms with Gasteiger partial charge in [-0.05, 0) is 83.3 Å². The molecule has 0 saturated carbocycles. The minimum atomic E-state index is -0.0995. The quantitative estimate of drug-likeness (QED) is 0.0760. The Bertz CT molecular complexity index is 1550. The highest BCUT2D eigenvalue weighted by Gasteiger charge is 2.25. The summed E-state index contributed by atoms with van der Waals surface area (Å²) in [5, 5.41) is 44.7. The van der Waals surface area contributed by atoms with Crippen molar-refractivity contribution in [1.82, 2.24) is 0 Å². The lowest BCUT2D eigenvalue weighted by Gasteiger charge is -2.27. The number of hydrogen-bond donors (Lipinski definition) is 4. The average molecular weight is 619 g/mol. The molecule has 0 aliphatic carbocycles. The molecule has 0 spiro atoms. The van der Waals surface area contributed by atoms with E-state index in [-0.39, 0.29) is 19.1 Å². The van der Waals surface area contributed by atoms with Crippen molar-refractivity contribution in [1.29, 1.82) is 10.5 Å². The van der Waals surface area contributed by atoms with Gasteiger partial charge in [0.1, 0.15) is 0 Å². The summed E-state index contributed by atoms with van der Waals surface area (Å²) in [7, 11) is 0. The van der Waals surface area contributed by atoms with E-state index in [0.717, 1.165) is 56.1 Å². The van der Waals surface area contributed by atoms with Gasteiger partial charge in [0.15, 0.2) is 0 Å². The van der Waals surface area contributed by atoms with Crippen LogP contribution in [0, 0.1) is 36.5 Å². The van der Waals surface area contributed by atoms with E-state index in [1.807, 2.05) is 17.8 Å². The SMILES string of the molecule is Cc1c(C(c2ccc(SCc3ccccc3)cc2)c2ccc(CCC#N)c(NCCO)c2C)ccc(CCC#N)c1NCCO. The average Bonchev–Trinajstić information content (AvgIpc) is 3.07. The smallest absolute Gasteiger partial charge is 0.0625 e. The van der Waals surface area contributed by atoms with E-state index in [0.29, 0.717) is 38.8 Å². The van der Waals surface area contributed by atoms with Gasteiger partial charge in [0, 0.05) is 53.9 Å². The molecule has 0 aliphatic rings. The number of aryl methyl sites for hydroxylation is 2. The Morgan fingerprint density at radius 1 is 0.689 bits per heavy atom. The van der Waals surface area contributed by atoms with Gasteiger partial charge in [0.05, 0.1) is 25.4 Å². The normalized spacial score (nSPS) is 10.8. The molecular formula is C38H42N4O2S. The Hall–Kier alpha value is -4.27. The van der Waals surface area contributed by atoms with E-state index in [4.69, 9.17) is 0 Å². The van der Waals surface area contributed by atoms with Crippen LogP contribution >= 0.6 is 11.8 Å². The molecule has 0 fully saturated rings. The van der Waals surface area contributed by atoms with Gasteiger partial charge in [0.2, 0.25) is 0 Å². The molecule has 7 heteroatoms. The lowest BCUT2D eigenvalue weighted by molar-refractivity contribution is 0.310. The van der Waals surface area contributed by atoms with E-state index in [9.17, 15) is 20.7 Å². The Labute approximate surface area is 271 Å². The first-order valence-corrected chi connectivity index (χ1v) is 16.5. The Morgan fingerprint density at radius 2 is 1.20 bits per heavy atom. The van der Waals surface area contributed by atoms with Gasteiger partial charge in [-0.15, -0.1) is 11.8 Å². The lowest BCUT2D eigenvalue weighted by Crippen LogP contribution is -2.15. The Kier molecular flexibility index (Phi) is 12.9. The summed E-state index contributed by atoms with van der Waals surface area (Å²) in [6, 6.07) is 32.4. The summed E-state index contributed by atoms with van der Waals surface area (Å²) in [6.07, 6.45) is 2.10. The third kappa shape index (κ3) is 8.68. The predicted octanol–water partition coefficient (Wildman–Crippen LogP) is 7.50. The first kappa shape index (κ1) is 33.6. The Morgan fingerprint density at radius 3 is 1.67 bits per heavy atom. The van der Waals surface area contributed by atoms with Crippen LogP contribution < -0.4 is 10.6 Å². The number of thioether (sulfide) groups is 1. The maximum Gasteiger partial charge on any atom is 0.0625 e. The standard InChI is InChI=1S/C38H42N4O2S/c1-27-34(18-14-31(10-6-20-39)37(27)41-22-24-43)36(30-12-16-33(17-13-30)45-26-29-8-4-3-5-9-29)35-19-15-32(11-7-21-40)38(28(35)2)42-23-25-44/h3-5,8-9,12-19,36,41-44H,6-7,10-11,22-26H2,1-2H3. The van der Waals surface area contributed by atoms with Crippen molar-refractivity contribution in [3.63, 3.8) is 0 Å². The minimum Gasteiger partial charge on any atom is -0.395 e. The number of aliphatic hydroxyl groups is 2. The van der Waals surface area contributed by atoms with Crippen molar-refractivity contribution in [2.75, 3.05) is 36.9 Å². The van der Waals surface area contributed by atoms with E-state index in [1.165, 1.54) is 10.5 Å². The number of benzene rings is 4. The summed E-state index contributed by atoms with van der Waals surface area (Å²) < 4.78 is 0. The second-order valence-electron chi connectivity index (χ2n) is 11.0. The zero-order valence-electron chi connectivity index (χ0n) is 26.1. The van der Waals surface area contributed by atoms with Crippen LogP contribution in [0.25, 0.3) is 0 Å². The topological polar surface area (TPSA) is 112 Å². The van der Waals surface area contributed by atoms with Crippen LogP contribution in [0.5, 0.6) is 0 Å². The van der Waals surface area contributed by atoms with Crippen LogP contribution in [0.2, 0.25) is 0 Å². The fourth-order valence-corrected chi connectivity index (χ4v) is 6.72. The summed E-state index contributed by atoms with van der Waals surface area (Å²) in [4.78, 5) is 1.20. The molecule has 0 bridgehead atoms. The second-order valence-corrected chi connectivity index (χ2v) is 12.1. The van der Waals surface area contributed by atoms with Crippen molar-refractivity contribution < 1.29 is 10.2 Å². The first-order chi connectivity index (χ1) is 22.0. The van der Waals surface area contributed by atoms with Crippen LogP contribution in [-0.2, 0) is 18.6 Å². The molecule has 0 unspecified atom stereocenters. The molecule has 0 saturated heterocycles. The number of nitriles is 2. The van der Waals surface area contributed by atoms with Gasteiger partial charge < -0.3 is 20.8 Å². The predicted molar refractivity (Wildman–Crippen MR) is 185 cm³/mol. The second kappa shape index (κ2) is 17.3. The fourth-order valence-electron chi connectivity index (χ4n) is 5.87. The van der Waals surface area contributed by atoms with E-state index >= 15 is 0 Å². The maximum atomic E-state index is 9.63. The van der Waals surface area contributed by atoms with Crippen molar-refractivity contribution in [3.8, 4) is 12.1 Å². The summed E-state index contributed by atoms with van der Waals surface area (Å²) >= 11 is 1.81. The van der Waals surface area contributed by atoms with Gasteiger partial charge in [-0.25, -0.2) is 0 Å². The molecule has 45 heavy (non-hydrogen) atoms. The van der Waals surface area contributed by atoms with E-state index in [1.54, 1.807) is 0 Å². The number of nitrogens with one attached hydrogen (secondary N) is 2. The highest BCUT2D eigenvalue weighted by atomic mass is 32.2. The van der Waals surface area contributed by atoms with Gasteiger partial charge in [-0.3, -0.25) is 0 Å². The molecule has 0 heterocycles. The fraction of sp³-hybridized carbons (Fsp3) is 0.316. The number of rotatable bonds is 16. The zero-order chi connectivity index (χ0) is 32.0. The number of nitrogens with zero attached hydrogens (tertiary/aromatic N) is 2. The van der Waals surface area contributed by atoms with Crippen LogP contribution in [-0.4, -0.2) is 36.5 Å². The molecule has 4 N–H and O–H groups in total. The third-order valence-corrected chi connectivity index (χ3v) is 9.19. The van der Waals surface area contributed by atoms with Crippen molar-refractivity contribution in [3.05, 3.63) is 123 Å². The van der Waals surface area contributed by atoms with Crippen molar-refractivity contribution >= 4 is 23.1 Å². The highest BCUT2D eigenvalue weighted by molar-refractivity contribution is 7.98. The van der Waals surface area contributed by atoms with Crippen LogP contribution in [0.3, 0.4) is 0 Å². The number of anilines is 2. The molecule has 0 aliphatic heterocycles. The summed E-state index contributed by atoms with van der Waals surface area (Å²) in [5.74, 6) is 0.799. The minimum absolute atomic E-state index is 0.00997. The maximum absolute atomic E-state index is 9.63. The van der Waals surface area contributed by atoms with Gasteiger partial charge in [-0.2, -0.15) is 10.5 Å². The molecule has 4 aromatic rings. The van der Waals surface area contributed by atoms with Gasteiger partial charge >= 0.3 is 0 Å². The molecule has 0 amide bonds. The zero-order valence-corrected chi connectivity index (χ0v) is 27.0. The largest absolute Gasteiger partial charge is 0.395 e. The molecule has 4 rings (SSSR count). The van der Waals surface area contributed by atoms with Crippen LogP contribution in [0.15, 0.2) is 83.8 Å². The van der Waals surface area contributed by atoms with Crippen molar-refractivity contribution in [2.24, 2.45) is 0 Å². The summed E-state index contributed by atoms with van der Waals surface area (Å²) in [6.45, 7) is 5.09. The van der Waals surface area contributed by atoms with E-state index in [2.05, 4.69) is 109 Å². The van der Waals surface area contributed by atoms with Crippen LogP contribution in [0.1, 0.15) is 63.3 Å². The monoisotopic (exact) mass is 618 g/mol. The highest BCUT2D eigenvalue weighted by Crippen LogP contribution is 2.42. The molecule has 4 aromatic carbocycles. The third-order valence-electron chi connectivity index (χ3n) is 8.11. The first-order valence-electron chi connectivity index (χ1n) is 15.5. The lowest BCUT2D eigenvalue weighted by atomic mass is 9.79. The number of hydrogen-bond acceptors (Lipinski definition) is 7. The molecule has 6 nitrogen and oxygen atoms in total. The van der Waals surface area contributed by atoms with Gasteiger partial charge in [-0.1, -0.05) is 66.7 Å².